The van der Waals surface area contributed by atoms with Crippen LogP contribution in [0.4, 0.5) is 5.69 Å². The van der Waals surface area contributed by atoms with Gasteiger partial charge in [-0.25, -0.2) is 0 Å². The highest BCUT2D eigenvalue weighted by atomic mass is 35.5. The molecule has 40 heavy (non-hydrogen) atoms. The van der Waals surface area contributed by atoms with Gasteiger partial charge in [0.1, 0.15) is 11.6 Å². The maximum atomic E-state index is 14.5. The molecule has 2 saturated heterocycles. The van der Waals surface area contributed by atoms with Crippen molar-refractivity contribution in [3.8, 4) is 0 Å². The Balaban J connectivity index is 1.35. The minimum Gasteiger partial charge on any atom is -0.359 e. The van der Waals surface area contributed by atoms with E-state index in [1.54, 1.807) is 24.3 Å². The first-order chi connectivity index (χ1) is 19.1. The Hall–Kier alpha value is -2.38. The number of halogens is 1. The Morgan fingerprint density at radius 2 is 1.73 bits per heavy atom. The van der Waals surface area contributed by atoms with Crippen LogP contribution in [-0.2, 0) is 19.1 Å². The molecule has 1 aromatic rings. The first kappa shape index (κ1) is 27.8. The largest absolute Gasteiger partial charge is 0.359 e. The normalized spacial score (nSPS) is 42.1. The van der Waals surface area contributed by atoms with Crippen LogP contribution in [0.5, 0.6) is 0 Å². The van der Waals surface area contributed by atoms with E-state index < -0.39 is 29.6 Å². The predicted molar refractivity (Wildman–Crippen MR) is 155 cm³/mol. The SMILES string of the molecule is C[C@@H]1[C@H](C)CCC[C@@H]1NC(=O)[C@@H]1N([C@@H]2CCC[C@H](C)[C@@H]2C)C(=O)[C@@H]2[C@@H](C(=O)Nc3cccc(Cl)c3)[C@@H]3C=C[C@]21O3. The van der Waals surface area contributed by atoms with Gasteiger partial charge in [0.05, 0.1) is 17.9 Å². The van der Waals surface area contributed by atoms with Crippen LogP contribution in [0.15, 0.2) is 36.4 Å². The van der Waals surface area contributed by atoms with Crippen molar-refractivity contribution >= 4 is 35.0 Å². The molecule has 216 valence electrons. The first-order valence-corrected chi connectivity index (χ1v) is 15.6. The summed E-state index contributed by atoms with van der Waals surface area (Å²) in [5, 5.41) is 6.85. The summed E-state index contributed by atoms with van der Waals surface area (Å²) in [6, 6.07) is 6.20. The van der Waals surface area contributed by atoms with Crippen LogP contribution in [0.1, 0.15) is 66.2 Å². The molecule has 2 N–H and O–H groups in total. The van der Waals surface area contributed by atoms with Gasteiger partial charge in [0.2, 0.25) is 17.7 Å². The fourth-order valence-electron chi connectivity index (χ4n) is 8.35. The summed E-state index contributed by atoms with van der Waals surface area (Å²) in [7, 11) is 0. The minimum absolute atomic E-state index is 0.0656. The Morgan fingerprint density at radius 3 is 2.48 bits per heavy atom. The summed E-state index contributed by atoms with van der Waals surface area (Å²) in [6.07, 6.45) is 9.42. The maximum absolute atomic E-state index is 14.5. The molecule has 0 radical (unpaired) electrons. The van der Waals surface area contributed by atoms with Crippen molar-refractivity contribution in [3.63, 3.8) is 0 Å². The molecule has 6 rings (SSSR count). The number of ether oxygens (including phenoxy) is 1. The number of anilines is 1. The lowest BCUT2D eigenvalue weighted by atomic mass is 9.73. The number of carbonyl (C=O) groups is 3. The predicted octanol–water partition coefficient (Wildman–Crippen LogP) is 5.19. The summed E-state index contributed by atoms with van der Waals surface area (Å²) in [5.74, 6) is -0.438. The zero-order valence-electron chi connectivity index (χ0n) is 23.9. The van der Waals surface area contributed by atoms with Crippen molar-refractivity contribution in [2.24, 2.45) is 35.5 Å². The summed E-state index contributed by atoms with van der Waals surface area (Å²) >= 11 is 6.15. The lowest BCUT2D eigenvalue weighted by Gasteiger charge is -2.44. The molecular formula is C32H42ClN3O4. The number of likely N-dealkylation sites (tertiary alicyclic amines) is 1. The number of amides is 3. The van der Waals surface area contributed by atoms with Gasteiger partial charge in [-0.2, -0.15) is 0 Å². The van der Waals surface area contributed by atoms with E-state index in [1.807, 2.05) is 17.1 Å². The van der Waals surface area contributed by atoms with Gasteiger partial charge >= 0.3 is 0 Å². The van der Waals surface area contributed by atoms with Crippen LogP contribution < -0.4 is 10.6 Å². The Labute approximate surface area is 242 Å². The molecule has 2 bridgehead atoms. The van der Waals surface area contributed by atoms with Crippen molar-refractivity contribution in [2.45, 2.75) is 96.1 Å². The Morgan fingerprint density at radius 1 is 1.00 bits per heavy atom. The average Bonchev–Trinajstić information content (AvgIpc) is 3.56. The number of fused-ring (bicyclic) bond motifs is 1. The van der Waals surface area contributed by atoms with Crippen molar-refractivity contribution in [2.75, 3.05) is 5.32 Å². The first-order valence-electron chi connectivity index (χ1n) is 15.2. The van der Waals surface area contributed by atoms with Crippen molar-refractivity contribution in [3.05, 3.63) is 41.4 Å². The van der Waals surface area contributed by atoms with Gasteiger partial charge in [-0.1, -0.05) is 83.2 Å². The van der Waals surface area contributed by atoms with Crippen LogP contribution in [-0.4, -0.2) is 52.5 Å². The van der Waals surface area contributed by atoms with Crippen molar-refractivity contribution in [1.82, 2.24) is 10.2 Å². The van der Waals surface area contributed by atoms with Gasteiger partial charge in [0, 0.05) is 22.8 Å². The van der Waals surface area contributed by atoms with Crippen LogP contribution in [0.25, 0.3) is 0 Å². The third kappa shape index (κ3) is 4.39. The molecule has 5 aliphatic rings. The molecule has 4 fully saturated rings. The summed E-state index contributed by atoms with van der Waals surface area (Å²) < 4.78 is 6.58. The quantitative estimate of drug-likeness (QED) is 0.479. The number of hydrogen-bond acceptors (Lipinski definition) is 4. The van der Waals surface area contributed by atoms with E-state index in [4.69, 9.17) is 16.3 Å². The van der Waals surface area contributed by atoms with Gasteiger partial charge in [0.15, 0.2) is 0 Å². The van der Waals surface area contributed by atoms with Crippen LogP contribution >= 0.6 is 11.6 Å². The number of nitrogens with zero attached hydrogens (tertiary/aromatic N) is 1. The summed E-state index contributed by atoms with van der Waals surface area (Å²) in [5.41, 5.74) is -0.573. The molecular weight excluding hydrogens is 526 g/mol. The van der Waals surface area contributed by atoms with E-state index in [1.165, 1.54) is 6.42 Å². The lowest BCUT2D eigenvalue weighted by molar-refractivity contribution is -0.146. The molecule has 1 spiro atoms. The molecule has 3 aliphatic heterocycles. The van der Waals surface area contributed by atoms with E-state index in [9.17, 15) is 14.4 Å². The number of carbonyl (C=O) groups excluding carboxylic acids is 3. The molecule has 0 unspecified atom stereocenters. The molecule has 3 heterocycles. The second kappa shape index (κ2) is 10.5. The smallest absolute Gasteiger partial charge is 0.246 e. The second-order valence-corrected chi connectivity index (χ2v) is 13.6. The molecule has 2 aliphatic carbocycles. The topological polar surface area (TPSA) is 87.7 Å². The molecule has 1 aromatic carbocycles. The monoisotopic (exact) mass is 567 g/mol. The van der Waals surface area contributed by atoms with Gasteiger partial charge in [0.25, 0.3) is 0 Å². The molecule has 2 saturated carbocycles. The highest BCUT2D eigenvalue weighted by molar-refractivity contribution is 6.30. The van der Waals surface area contributed by atoms with E-state index >= 15 is 0 Å². The molecule has 7 nitrogen and oxygen atoms in total. The standard InChI is InChI=1S/C32H42ClN3O4/c1-17-8-5-12-23(19(17)3)35-30(38)28-32-15-14-25(40-32)26(29(37)34-22-11-7-10-21(33)16-22)27(32)31(39)36(28)24-13-6-9-18(2)20(24)4/h7,10-11,14-20,23-28H,5-6,8-9,12-13H2,1-4H3,(H,34,37)(H,35,38)/t17-,18+,19-,20+,23+,24-,25+,26+,27+,28+,32+/m1/s1. The van der Waals surface area contributed by atoms with Crippen molar-refractivity contribution in [1.29, 1.82) is 0 Å². The third-order valence-electron chi connectivity index (χ3n) is 11.0. The maximum Gasteiger partial charge on any atom is 0.246 e. The van der Waals surface area contributed by atoms with Gasteiger partial charge in [-0.3, -0.25) is 14.4 Å². The molecule has 11 atom stereocenters. The average molecular weight is 568 g/mol. The van der Waals surface area contributed by atoms with Crippen LogP contribution in [0, 0.1) is 35.5 Å². The van der Waals surface area contributed by atoms with Gasteiger partial charge < -0.3 is 20.3 Å². The van der Waals surface area contributed by atoms with Crippen LogP contribution in [0.3, 0.4) is 0 Å². The van der Waals surface area contributed by atoms with Crippen LogP contribution in [0.2, 0.25) is 5.02 Å². The van der Waals surface area contributed by atoms with Gasteiger partial charge in [-0.05, 0) is 54.7 Å². The third-order valence-corrected chi connectivity index (χ3v) is 11.2. The van der Waals surface area contributed by atoms with Gasteiger partial charge in [-0.15, -0.1) is 0 Å². The summed E-state index contributed by atoms with van der Waals surface area (Å²) in [4.78, 5) is 44.4. The van der Waals surface area contributed by atoms with E-state index in [0.717, 1.165) is 32.1 Å². The number of hydrogen-bond donors (Lipinski definition) is 2. The molecule has 8 heteroatoms. The Kier molecular flexibility index (Phi) is 7.27. The van der Waals surface area contributed by atoms with E-state index in [0.29, 0.717) is 28.5 Å². The van der Waals surface area contributed by atoms with Crippen molar-refractivity contribution < 1.29 is 19.1 Å². The number of nitrogens with one attached hydrogen (secondary N) is 2. The fraction of sp³-hybridized carbons (Fsp3) is 0.656. The molecule has 3 amide bonds. The zero-order chi connectivity index (χ0) is 28.3. The van der Waals surface area contributed by atoms with E-state index in [2.05, 4.69) is 38.3 Å². The highest BCUT2D eigenvalue weighted by Crippen LogP contribution is 2.57. The Bertz CT molecular complexity index is 1220. The summed E-state index contributed by atoms with van der Waals surface area (Å²) in [6.45, 7) is 8.90. The highest BCUT2D eigenvalue weighted by Gasteiger charge is 2.73. The zero-order valence-corrected chi connectivity index (χ0v) is 24.7. The second-order valence-electron chi connectivity index (χ2n) is 13.2. The minimum atomic E-state index is -1.15. The molecule has 0 aromatic heterocycles. The lowest BCUT2D eigenvalue weighted by Crippen LogP contribution is -2.61. The number of rotatable bonds is 5. The number of benzene rings is 1. The van der Waals surface area contributed by atoms with E-state index in [-0.39, 0.29) is 35.7 Å². The fourth-order valence-corrected chi connectivity index (χ4v) is 8.54.